The van der Waals surface area contributed by atoms with Crippen LogP contribution in [0.3, 0.4) is 0 Å². The highest BCUT2D eigenvalue weighted by Crippen LogP contribution is 2.63. The maximum Gasteiger partial charge on any atom is 0.135 e. The molecule has 1 aromatic heterocycles. The summed E-state index contributed by atoms with van der Waals surface area (Å²) < 4.78 is 0. The van der Waals surface area contributed by atoms with Crippen molar-refractivity contribution >= 4 is 11.6 Å². The van der Waals surface area contributed by atoms with Gasteiger partial charge >= 0.3 is 0 Å². The van der Waals surface area contributed by atoms with Gasteiger partial charge in [0.05, 0.1) is 0 Å². The Balaban J connectivity index is 2.23. The molecule has 0 spiro atoms. The quantitative estimate of drug-likeness (QED) is 0.859. The first kappa shape index (κ1) is 15.1. The van der Waals surface area contributed by atoms with Crippen LogP contribution in [0.5, 0.6) is 0 Å². The minimum absolute atomic E-state index is 0.301. The smallest absolute Gasteiger partial charge is 0.135 e. The lowest BCUT2D eigenvalue weighted by Crippen LogP contribution is -2.15. The van der Waals surface area contributed by atoms with Crippen molar-refractivity contribution in [1.29, 1.82) is 0 Å². The molecule has 0 aromatic carbocycles. The van der Waals surface area contributed by atoms with Crippen LogP contribution in [0.1, 0.15) is 52.4 Å². The lowest BCUT2D eigenvalue weighted by atomic mass is 10.0. The molecule has 1 aliphatic carbocycles. The molecule has 2 N–H and O–H groups in total. The van der Waals surface area contributed by atoms with Gasteiger partial charge in [0, 0.05) is 18.2 Å². The molecule has 112 valence electrons. The number of rotatable bonds is 5. The molecule has 1 saturated carbocycles. The Bertz CT molecular complexity index is 491. The van der Waals surface area contributed by atoms with Crippen LogP contribution in [-0.2, 0) is 0 Å². The van der Waals surface area contributed by atoms with Crippen molar-refractivity contribution < 1.29 is 0 Å². The second-order valence-electron chi connectivity index (χ2n) is 7.04. The summed E-state index contributed by atoms with van der Waals surface area (Å²) >= 11 is 0. The minimum atomic E-state index is 0.301. The highest BCUT2D eigenvalue weighted by molar-refractivity contribution is 5.59. The van der Waals surface area contributed by atoms with Gasteiger partial charge in [-0.15, -0.1) is 0 Å². The van der Waals surface area contributed by atoms with E-state index in [-0.39, 0.29) is 0 Å². The van der Waals surface area contributed by atoms with E-state index in [2.05, 4.69) is 62.1 Å². The lowest BCUT2D eigenvalue weighted by Gasteiger charge is -2.15. The number of hydrogen-bond donors (Lipinski definition) is 2. The summed E-state index contributed by atoms with van der Waals surface area (Å²) in [6.45, 7) is 16.4. The average molecular weight is 276 g/mol. The van der Waals surface area contributed by atoms with E-state index in [9.17, 15) is 0 Å². The number of anilines is 2. The van der Waals surface area contributed by atoms with Crippen LogP contribution in [0.15, 0.2) is 0 Å². The van der Waals surface area contributed by atoms with Gasteiger partial charge in [0.2, 0.25) is 0 Å². The predicted molar refractivity (Wildman–Crippen MR) is 85.3 cm³/mol. The molecule has 0 atom stereocenters. The van der Waals surface area contributed by atoms with Crippen LogP contribution in [0.4, 0.5) is 11.6 Å². The van der Waals surface area contributed by atoms with Crippen LogP contribution in [0, 0.1) is 24.7 Å². The zero-order valence-electron chi connectivity index (χ0n) is 13.9. The highest BCUT2D eigenvalue weighted by Gasteiger charge is 2.65. The van der Waals surface area contributed by atoms with Crippen LogP contribution in [-0.4, -0.2) is 22.6 Å². The maximum atomic E-state index is 4.59. The summed E-state index contributed by atoms with van der Waals surface area (Å²) in [4.78, 5) is 9.10. The third-order valence-electron chi connectivity index (χ3n) is 5.10. The van der Waals surface area contributed by atoms with E-state index in [0.29, 0.717) is 16.9 Å². The van der Waals surface area contributed by atoms with Gasteiger partial charge in [0.15, 0.2) is 0 Å². The summed E-state index contributed by atoms with van der Waals surface area (Å²) in [7, 11) is 0. The zero-order valence-corrected chi connectivity index (χ0v) is 13.9. The average Bonchev–Trinajstić information content (AvgIpc) is 2.74. The van der Waals surface area contributed by atoms with Crippen molar-refractivity contribution in [1.82, 2.24) is 9.97 Å². The van der Waals surface area contributed by atoms with Gasteiger partial charge in [-0.2, -0.15) is 0 Å². The third-order valence-corrected chi connectivity index (χ3v) is 5.10. The fourth-order valence-electron chi connectivity index (χ4n) is 2.88. The molecule has 1 fully saturated rings. The number of nitrogens with zero attached hydrogens (tertiary/aromatic N) is 2. The minimum Gasteiger partial charge on any atom is -0.370 e. The van der Waals surface area contributed by atoms with Gasteiger partial charge in [-0.05, 0) is 31.1 Å². The van der Waals surface area contributed by atoms with Gasteiger partial charge in [0.25, 0.3) is 0 Å². The molecule has 20 heavy (non-hydrogen) atoms. The molecule has 2 rings (SSSR count). The molecule has 0 saturated heterocycles. The van der Waals surface area contributed by atoms with Gasteiger partial charge in [0.1, 0.15) is 17.5 Å². The Labute approximate surface area is 122 Å². The molecular formula is C16H28N4. The fraction of sp³-hybridized carbons (Fsp3) is 0.750. The number of hydrogen-bond acceptors (Lipinski definition) is 4. The molecule has 0 unspecified atom stereocenters. The molecule has 0 aliphatic heterocycles. The van der Waals surface area contributed by atoms with Crippen molar-refractivity contribution in [2.24, 2.45) is 10.8 Å². The topological polar surface area (TPSA) is 49.8 Å². The number of nitrogens with one attached hydrogen (secondary N) is 2. The van der Waals surface area contributed by atoms with Crippen molar-refractivity contribution in [3.8, 4) is 0 Å². The van der Waals surface area contributed by atoms with Crippen LogP contribution in [0.25, 0.3) is 0 Å². The number of aromatic nitrogens is 2. The second kappa shape index (κ2) is 4.90. The molecule has 0 amide bonds. The van der Waals surface area contributed by atoms with Crippen molar-refractivity contribution in [3.05, 3.63) is 11.4 Å². The fourth-order valence-corrected chi connectivity index (χ4v) is 2.88. The lowest BCUT2D eigenvalue weighted by molar-refractivity contribution is 0.457. The van der Waals surface area contributed by atoms with E-state index in [1.807, 2.05) is 6.92 Å². The SMILES string of the molecule is CCCNc1nc(C)nc(NC2C(C)(C)C2(C)C)c1C. The zero-order chi connectivity index (χ0) is 15.1. The Kier molecular flexibility index (Phi) is 3.69. The highest BCUT2D eigenvalue weighted by atomic mass is 15.1. The van der Waals surface area contributed by atoms with Crippen molar-refractivity contribution in [2.75, 3.05) is 17.2 Å². The summed E-state index contributed by atoms with van der Waals surface area (Å²) in [5, 5.41) is 7.02. The van der Waals surface area contributed by atoms with Crippen LogP contribution in [0.2, 0.25) is 0 Å². The summed E-state index contributed by atoms with van der Waals surface area (Å²) in [6, 6.07) is 0.460. The standard InChI is InChI=1S/C16H28N4/c1-8-9-17-12-10(2)13(19-11(3)18-12)20-14-15(4,5)16(14,6)7/h14H,8-9H2,1-7H3,(H2,17,18,19,20). The predicted octanol–water partition coefficient (Wildman–Crippen LogP) is 3.76. The van der Waals surface area contributed by atoms with E-state index in [1.54, 1.807) is 0 Å². The van der Waals surface area contributed by atoms with Crippen molar-refractivity contribution in [3.63, 3.8) is 0 Å². The molecule has 0 radical (unpaired) electrons. The van der Waals surface area contributed by atoms with E-state index in [1.165, 1.54) is 0 Å². The van der Waals surface area contributed by atoms with Crippen LogP contribution >= 0.6 is 0 Å². The van der Waals surface area contributed by atoms with E-state index in [0.717, 1.165) is 36.0 Å². The maximum absolute atomic E-state index is 4.59. The first-order valence-corrected chi connectivity index (χ1v) is 7.57. The van der Waals surface area contributed by atoms with E-state index in [4.69, 9.17) is 0 Å². The Morgan fingerprint density at radius 3 is 2.05 bits per heavy atom. The van der Waals surface area contributed by atoms with Gasteiger partial charge in [-0.3, -0.25) is 0 Å². The van der Waals surface area contributed by atoms with Gasteiger partial charge in [-0.1, -0.05) is 34.6 Å². The molecule has 1 heterocycles. The molecule has 1 aromatic rings. The van der Waals surface area contributed by atoms with Gasteiger partial charge < -0.3 is 10.6 Å². The molecular weight excluding hydrogens is 248 g/mol. The Hall–Kier alpha value is -1.32. The van der Waals surface area contributed by atoms with Crippen LogP contribution < -0.4 is 10.6 Å². The monoisotopic (exact) mass is 276 g/mol. The largest absolute Gasteiger partial charge is 0.370 e. The second-order valence-corrected chi connectivity index (χ2v) is 7.04. The summed E-state index contributed by atoms with van der Waals surface area (Å²) in [5.74, 6) is 2.74. The molecule has 4 nitrogen and oxygen atoms in total. The summed E-state index contributed by atoms with van der Waals surface area (Å²) in [6.07, 6.45) is 1.09. The third kappa shape index (κ3) is 2.36. The van der Waals surface area contributed by atoms with E-state index >= 15 is 0 Å². The Morgan fingerprint density at radius 2 is 1.55 bits per heavy atom. The van der Waals surface area contributed by atoms with Crippen molar-refractivity contribution in [2.45, 2.75) is 60.9 Å². The number of aryl methyl sites for hydroxylation is 1. The first-order chi connectivity index (χ1) is 9.21. The normalized spacial score (nSPS) is 19.8. The van der Waals surface area contributed by atoms with Gasteiger partial charge in [-0.25, -0.2) is 9.97 Å². The van der Waals surface area contributed by atoms with E-state index < -0.39 is 0 Å². The molecule has 4 heteroatoms. The Morgan fingerprint density at radius 1 is 1.00 bits per heavy atom. The molecule has 0 bridgehead atoms. The molecule has 1 aliphatic rings. The first-order valence-electron chi connectivity index (χ1n) is 7.57. The summed E-state index contributed by atoms with van der Waals surface area (Å²) in [5.41, 5.74) is 1.72.